The molecule has 4 aliphatic heterocycles. The third-order valence-electron chi connectivity index (χ3n) is 16.2. The Morgan fingerprint density at radius 1 is 0.759 bits per heavy atom. The van der Waals surface area contributed by atoms with Gasteiger partial charge in [0.05, 0.1) is 57.2 Å². The molecular weight excluding hydrogens is 1170 g/mol. The van der Waals surface area contributed by atoms with Crippen molar-refractivity contribution in [3.63, 3.8) is 0 Å². The largest absolute Gasteiger partial charge is 0.508 e. The number of pyridine rings is 1. The number of aromatic hydroxyl groups is 1. The number of sulfone groups is 1. The van der Waals surface area contributed by atoms with E-state index < -0.39 is 56.4 Å². The number of urea groups is 1. The fourth-order valence-electron chi connectivity index (χ4n) is 11.5. The summed E-state index contributed by atoms with van der Waals surface area (Å²) in [6, 6.07) is 31.7. The van der Waals surface area contributed by atoms with Gasteiger partial charge in [-0.25, -0.2) is 26.3 Å². The van der Waals surface area contributed by atoms with Gasteiger partial charge in [-0.2, -0.15) is 16.1 Å². The first kappa shape index (κ1) is 62.0. The van der Waals surface area contributed by atoms with Crippen LogP contribution < -0.4 is 26.6 Å². The third kappa shape index (κ3) is 15.0. The number of aliphatic hydroxyl groups excluding tert-OH is 1. The van der Waals surface area contributed by atoms with Crippen molar-refractivity contribution in [2.24, 2.45) is 0 Å². The summed E-state index contributed by atoms with van der Waals surface area (Å²) in [6.07, 6.45) is 6.64. The van der Waals surface area contributed by atoms with E-state index in [0.717, 1.165) is 25.0 Å². The average molecular weight is 1240 g/mol. The standard InChI is InChI=1S/C63H70N10O11S3/c1-40-36-72(87(83,84)48-28-26-47(27-29-48)86(81,82)56-15-10-13-50-49(40)30-32-65-59(50)56)38-54(75)53(34-42-20-24-46(74)25-21-42)73-37-45(70-71-73)35-66-62(79)51(33-41-18-22-44(23-19-41)61(78)43-11-4-2-5-12-43)67-58(77)17-6-3-9-31-64-57(76)16-8-7-14-55-60-52(39-85-55)68-63(80)69-60/h2,4-5,10-13,15,18-30,32,37,40,51-55,60,74-75H,3,6-9,14,16-17,31,33-36,38-39H2,1H3,(H,64,76)(H,66,79)(H,67,77)(H2,68,69,80)/t40?,51-,52-,53-,54?,55-,60-/m0/s1. The van der Waals surface area contributed by atoms with Crippen LogP contribution in [0.5, 0.6) is 5.75 Å². The van der Waals surface area contributed by atoms with Gasteiger partial charge in [0.15, 0.2) is 5.78 Å². The van der Waals surface area contributed by atoms with Crippen molar-refractivity contribution in [1.29, 1.82) is 0 Å². The number of phenolic OH excluding ortho intramolecular Hbond substituents is 1. The third-order valence-corrected chi connectivity index (χ3v) is 21.4. The molecule has 11 rings (SSSR count). The molecule has 0 radical (unpaired) electrons. The maximum absolute atomic E-state index is 14.7. The zero-order valence-electron chi connectivity index (χ0n) is 48.0. The van der Waals surface area contributed by atoms with E-state index in [2.05, 4.69) is 41.9 Å². The number of carbonyl (C=O) groups excluding carboxylic acids is 5. The molecule has 24 heteroatoms. The summed E-state index contributed by atoms with van der Waals surface area (Å²) in [7, 11) is -8.53. The highest BCUT2D eigenvalue weighted by molar-refractivity contribution is 8.00. The van der Waals surface area contributed by atoms with Gasteiger partial charge in [-0.3, -0.25) is 24.2 Å². The molecule has 5 aromatic carbocycles. The minimum Gasteiger partial charge on any atom is -0.508 e. The summed E-state index contributed by atoms with van der Waals surface area (Å²) >= 11 is 1.85. The predicted octanol–water partition coefficient (Wildman–Crippen LogP) is 6.29. The molecule has 6 bridgehead atoms. The van der Waals surface area contributed by atoms with Crippen LogP contribution in [0.15, 0.2) is 154 Å². The molecule has 7 N–H and O–H groups in total. The Bertz CT molecular complexity index is 3840. The number of hydrogen-bond acceptors (Lipinski definition) is 15. The van der Waals surface area contributed by atoms with E-state index in [1.54, 1.807) is 78.9 Å². The molecular formula is C63H70N10O11S3. The Balaban J connectivity index is 0.798. The van der Waals surface area contributed by atoms with Crippen LogP contribution in [0.4, 0.5) is 4.79 Å². The van der Waals surface area contributed by atoms with Gasteiger partial charge in [0, 0.05) is 72.6 Å². The maximum Gasteiger partial charge on any atom is 0.315 e. The number of benzene rings is 5. The Hall–Kier alpha value is -8.03. The number of hydrogen-bond donors (Lipinski definition) is 7. The van der Waals surface area contributed by atoms with Crippen molar-refractivity contribution >= 4 is 72.1 Å². The zero-order valence-corrected chi connectivity index (χ0v) is 50.4. The van der Waals surface area contributed by atoms with E-state index in [0.29, 0.717) is 70.7 Å². The second kappa shape index (κ2) is 27.8. The summed E-state index contributed by atoms with van der Waals surface area (Å²) in [5, 5.41) is 46.8. The van der Waals surface area contributed by atoms with Crippen LogP contribution in [-0.4, -0.2) is 136 Å². The van der Waals surface area contributed by atoms with Crippen LogP contribution in [-0.2, 0) is 53.6 Å². The first-order chi connectivity index (χ1) is 41.9. The number of phenols is 1. The number of sulfonamides is 1. The van der Waals surface area contributed by atoms with Crippen molar-refractivity contribution in [2.75, 3.05) is 25.4 Å². The van der Waals surface area contributed by atoms with Crippen molar-refractivity contribution in [3.8, 4) is 5.75 Å². The fourth-order valence-corrected chi connectivity index (χ4v) is 16.0. The molecule has 5 amide bonds. The number of fused-ring (bicyclic) bond motifs is 6. The minimum atomic E-state index is -4.41. The number of para-hydroxylation sites is 1. The van der Waals surface area contributed by atoms with Gasteiger partial charge >= 0.3 is 6.03 Å². The number of rotatable bonds is 25. The van der Waals surface area contributed by atoms with Gasteiger partial charge in [-0.15, -0.1) is 5.10 Å². The summed E-state index contributed by atoms with van der Waals surface area (Å²) in [5.41, 5.74) is 3.49. The van der Waals surface area contributed by atoms with Gasteiger partial charge in [0.2, 0.25) is 37.6 Å². The molecule has 2 saturated heterocycles. The van der Waals surface area contributed by atoms with E-state index in [-0.39, 0.29) is 99.7 Å². The van der Waals surface area contributed by atoms with Crippen LogP contribution in [0, 0.1) is 0 Å². The van der Waals surface area contributed by atoms with Gasteiger partial charge in [0.25, 0.3) is 0 Å². The van der Waals surface area contributed by atoms with Crippen LogP contribution >= 0.6 is 11.8 Å². The number of ketones is 1. The van der Waals surface area contributed by atoms with E-state index in [4.69, 9.17) is 0 Å². The molecule has 4 aliphatic rings. The lowest BCUT2D eigenvalue weighted by atomic mass is 9.97. The molecule has 0 saturated carbocycles. The molecule has 7 atom stereocenters. The molecule has 21 nitrogen and oxygen atoms in total. The number of nitrogens with one attached hydrogen (secondary N) is 5. The summed E-state index contributed by atoms with van der Waals surface area (Å²) in [4.78, 5) is 69.5. The Labute approximate surface area is 509 Å². The van der Waals surface area contributed by atoms with Gasteiger partial charge in [-0.1, -0.05) is 104 Å². The molecule has 6 heterocycles. The fraction of sp³-hybridized carbons (Fsp3) is 0.365. The second-order valence-electron chi connectivity index (χ2n) is 22.4. The smallest absolute Gasteiger partial charge is 0.315 e. The monoisotopic (exact) mass is 1240 g/mol. The van der Waals surface area contributed by atoms with Crippen LogP contribution in [0.25, 0.3) is 10.9 Å². The van der Waals surface area contributed by atoms with Crippen molar-refractivity contribution in [2.45, 2.75) is 134 Å². The average Bonchev–Trinajstić information content (AvgIpc) is 2.24. The highest BCUT2D eigenvalue weighted by Crippen LogP contribution is 2.36. The van der Waals surface area contributed by atoms with E-state index in [1.807, 2.05) is 24.8 Å². The molecule has 0 spiro atoms. The molecule has 87 heavy (non-hydrogen) atoms. The van der Waals surface area contributed by atoms with Crippen LogP contribution in [0.1, 0.15) is 109 Å². The SMILES string of the molecule is CC1CN(CC(O)[C@H](Cc2ccc(O)cc2)n2cc(CNC(=O)[C@H](Cc3ccc(C(=O)c4ccccc4)cc3)NC(=O)CCCCCNC(=O)CCCC[C@@H]3SC[C@@H]4NC(=O)N[C@@H]43)nn2)S(=O)(=O)c2ccc(cc2)S(=O)(=O)c2cccc3c1ccnc23. The van der Waals surface area contributed by atoms with Gasteiger partial charge in [0.1, 0.15) is 17.5 Å². The number of aliphatic hydroxyl groups is 1. The summed E-state index contributed by atoms with van der Waals surface area (Å²) in [6.45, 7) is 1.55. The van der Waals surface area contributed by atoms with Crippen molar-refractivity contribution in [1.82, 2.24) is 50.9 Å². The van der Waals surface area contributed by atoms with Crippen LogP contribution in [0.3, 0.4) is 0 Å². The number of amides is 5. The Morgan fingerprint density at radius 3 is 2.23 bits per heavy atom. The van der Waals surface area contributed by atoms with E-state index in [1.165, 1.54) is 63.8 Å². The lowest BCUT2D eigenvalue weighted by Gasteiger charge is -2.31. The molecule has 2 aromatic heterocycles. The molecule has 0 aliphatic carbocycles. The summed E-state index contributed by atoms with van der Waals surface area (Å²) < 4.78 is 60.0. The summed E-state index contributed by atoms with van der Waals surface area (Å²) in [5.74, 6) is -0.716. The minimum absolute atomic E-state index is 0.0120. The normalized spacial score (nSPS) is 19.5. The number of unbranched alkanes of at least 4 members (excludes halogenated alkanes) is 3. The van der Waals surface area contributed by atoms with Gasteiger partial charge < -0.3 is 36.8 Å². The molecule has 2 fully saturated rings. The quantitative estimate of drug-likeness (QED) is 0.0188. The first-order valence-corrected chi connectivity index (χ1v) is 33.2. The van der Waals surface area contributed by atoms with E-state index >= 15 is 0 Å². The topological polar surface area (TPSA) is 301 Å². The lowest BCUT2D eigenvalue weighted by Crippen LogP contribution is -2.47. The number of thioether (sulfide) groups is 1. The molecule has 456 valence electrons. The first-order valence-electron chi connectivity index (χ1n) is 29.2. The number of nitrogens with zero attached hydrogens (tertiary/aromatic N) is 5. The number of aromatic nitrogens is 4. The van der Waals surface area contributed by atoms with E-state index in [9.17, 15) is 51.0 Å². The lowest BCUT2D eigenvalue weighted by molar-refractivity contribution is -0.129. The zero-order chi connectivity index (χ0) is 61.2. The molecule has 2 unspecified atom stereocenters. The maximum atomic E-state index is 14.7. The van der Waals surface area contributed by atoms with Crippen LogP contribution in [0.2, 0.25) is 0 Å². The number of carbonyl (C=O) groups is 5. The van der Waals surface area contributed by atoms with Crippen molar-refractivity contribution in [3.05, 3.63) is 173 Å². The highest BCUT2D eigenvalue weighted by Gasteiger charge is 2.43. The highest BCUT2D eigenvalue weighted by atomic mass is 32.2. The molecule has 7 aromatic rings. The van der Waals surface area contributed by atoms with Crippen molar-refractivity contribution < 1.29 is 51.0 Å². The Kier molecular flexibility index (Phi) is 19.8. The van der Waals surface area contributed by atoms with Gasteiger partial charge in [-0.05, 0) is 103 Å². The second-order valence-corrected chi connectivity index (χ2v) is 27.5. The predicted molar refractivity (Wildman–Crippen MR) is 327 cm³/mol. The Morgan fingerprint density at radius 2 is 1.46 bits per heavy atom.